The molecule has 1 rings (SSSR count). The quantitative estimate of drug-likeness (QED) is 0.692. The average molecular weight is 265 g/mol. The molecule has 0 aromatic carbocycles. The zero-order valence-electron chi connectivity index (χ0n) is 11.8. The Bertz CT molecular complexity index is 447. The van der Waals surface area contributed by atoms with Crippen molar-refractivity contribution >= 4 is 11.9 Å². The van der Waals surface area contributed by atoms with Gasteiger partial charge in [0.05, 0.1) is 18.8 Å². The number of methoxy groups -OCH3 is 1. The molecule has 104 valence electrons. The molecule has 6 nitrogen and oxygen atoms in total. The molecule has 0 fully saturated rings. The third-order valence-corrected chi connectivity index (χ3v) is 3.33. The van der Waals surface area contributed by atoms with Crippen LogP contribution in [0.4, 0.5) is 0 Å². The van der Waals surface area contributed by atoms with Crippen molar-refractivity contribution in [3.63, 3.8) is 0 Å². The van der Waals surface area contributed by atoms with Crippen LogP contribution >= 0.6 is 0 Å². The van der Waals surface area contributed by atoms with Crippen molar-refractivity contribution in [1.29, 1.82) is 5.26 Å². The first-order valence-corrected chi connectivity index (χ1v) is 6.24. The Morgan fingerprint density at radius 3 is 2.53 bits per heavy atom. The van der Waals surface area contributed by atoms with Crippen molar-refractivity contribution in [2.75, 3.05) is 27.2 Å². The van der Waals surface area contributed by atoms with Crippen molar-refractivity contribution in [2.24, 2.45) is 0 Å². The fraction of sp³-hybridized carbons (Fsp3) is 0.615. The van der Waals surface area contributed by atoms with E-state index in [2.05, 4.69) is 0 Å². The van der Waals surface area contributed by atoms with E-state index < -0.39 is 12.0 Å². The monoisotopic (exact) mass is 265 g/mol. The summed E-state index contributed by atoms with van der Waals surface area (Å²) in [6.45, 7) is 5.05. The Kier molecular flexibility index (Phi) is 4.93. The minimum Gasteiger partial charge on any atom is -0.466 e. The highest BCUT2D eigenvalue weighted by atomic mass is 16.5. The third kappa shape index (κ3) is 2.70. The van der Waals surface area contributed by atoms with Crippen LogP contribution in [-0.4, -0.2) is 55.0 Å². The molecule has 6 heteroatoms. The Labute approximate surface area is 113 Å². The van der Waals surface area contributed by atoms with Gasteiger partial charge in [-0.25, -0.2) is 4.79 Å². The van der Waals surface area contributed by atoms with Crippen LogP contribution in [0.15, 0.2) is 11.3 Å². The number of nitriles is 1. The highest BCUT2D eigenvalue weighted by Crippen LogP contribution is 2.26. The van der Waals surface area contributed by atoms with Gasteiger partial charge >= 0.3 is 5.97 Å². The van der Waals surface area contributed by atoms with Crippen LogP contribution in [0, 0.1) is 11.3 Å². The van der Waals surface area contributed by atoms with Crippen LogP contribution in [0.2, 0.25) is 0 Å². The SMILES string of the molecule is CCN(CC)C1=C(C(=O)OC)CC(C#N)N(C)C1=O. The second-order valence-electron chi connectivity index (χ2n) is 4.26. The Morgan fingerprint density at radius 1 is 1.53 bits per heavy atom. The average Bonchev–Trinajstić information content (AvgIpc) is 2.43. The van der Waals surface area contributed by atoms with Gasteiger partial charge in [-0.05, 0) is 13.8 Å². The summed E-state index contributed by atoms with van der Waals surface area (Å²) in [6, 6.07) is 1.41. The van der Waals surface area contributed by atoms with E-state index in [0.717, 1.165) is 0 Å². The molecular weight excluding hydrogens is 246 g/mol. The molecule has 19 heavy (non-hydrogen) atoms. The van der Waals surface area contributed by atoms with Gasteiger partial charge < -0.3 is 14.5 Å². The molecular formula is C13H19N3O3. The zero-order chi connectivity index (χ0) is 14.6. The summed E-state index contributed by atoms with van der Waals surface area (Å²) in [7, 11) is 2.85. The van der Waals surface area contributed by atoms with Crippen LogP contribution in [0.5, 0.6) is 0 Å². The van der Waals surface area contributed by atoms with Crippen LogP contribution in [-0.2, 0) is 14.3 Å². The molecule has 1 unspecified atom stereocenters. The molecule has 0 spiro atoms. The molecule has 1 heterocycles. The maximum absolute atomic E-state index is 12.4. The van der Waals surface area contributed by atoms with Gasteiger partial charge in [-0.1, -0.05) is 0 Å². The third-order valence-electron chi connectivity index (χ3n) is 3.33. The van der Waals surface area contributed by atoms with Crippen molar-refractivity contribution in [3.8, 4) is 6.07 Å². The van der Waals surface area contributed by atoms with Gasteiger partial charge in [0.1, 0.15) is 11.7 Å². The number of amides is 1. The minimum absolute atomic E-state index is 0.206. The molecule has 0 bridgehead atoms. The number of hydrogen-bond acceptors (Lipinski definition) is 5. The Morgan fingerprint density at radius 2 is 2.11 bits per heavy atom. The molecule has 1 aliphatic heterocycles. The van der Waals surface area contributed by atoms with Crippen molar-refractivity contribution in [2.45, 2.75) is 26.3 Å². The summed E-state index contributed by atoms with van der Waals surface area (Å²) >= 11 is 0. The molecule has 0 aromatic rings. The summed E-state index contributed by atoms with van der Waals surface area (Å²) in [6.07, 6.45) is 0.206. The topological polar surface area (TPSA) is 73.6 Å². The Hall–Kier alpha value is -2.03. The van der Waals surface area contributed by atoms with E-state index in [-0.39, 0.29) is 12.3 Å². The number of likely N-dealkylation sites (N-methyl/N-ethyl adjacent to an activating group) is 2. The van der Waals surface area contributed by atoms with E-state index in [1.54, 1.807) is 7.05 Å². The Balaban J connectivity index is 3.34. The maximum atomic E-state index is 12.4. The lowest BCUT2D eigenvalue weighted by Crippen LogP contribution is -2.47. The van der Waals surface area contributed by atoms with E-state index >= 15 is 0 Å². The van der Waals surface area contributed by atoms with Gasteiger partial charge in [0.25, 0.3) is 5.91 Å². The first-order chi connectivity index (χ1) is 9.01. The molecule has 0 saturated carbocycles. The lowest BCUT2D eigenvalue weighted by atomic mass is 9.97. The summed E-state index contributed by atoms with van der Waals surface area (Å²) in [5.41, 5.74) is 0.645. The molecule has 0 aliphatic carbocycles. The number of nitrogens with zero attached hydrogens (tertiary/aromatic N) is 3. The zero-order valence-corrected chi connectivity index (χ0v) is 11.8. The highest BCUT2D eigenvalue weighted by molar-refractivity contribution is 6.03. The smallest absolute Gasteiger partial charge is 0.336 e. The van der Waals surface area contributed by atoms with E-state index in [1.807, 2.05) is 24.8 Å². The van der Waals surface area contributed by atoms with E-state index in [1.165, 1.54) is 12.0 Å². The van der Waals surface area contributed by atoms with Gasteiger partial charge in [-0.15, -0.1) is 0 Å². The van der Waals surface area contributed by atoms with E-state index in [9.17, 15) is 9.59 Å². The van der Waals surface area contributed by atoms with Crippen molar-refractivity contribution in [1.82, 2.24) is 9.80 Å². The number of carbonyl (C=O) groups excluding carboxylic acids is 2. The molecule has 0 N–H and O–H groups in total. The fourth-order valence-corrected chi connectivity index (χ4v) is 2.17. The van der Waals surface area contributed by atoms with Crippen molar-refractivity contribution in [3.05, 3.63) is 11.3 Å². The lowest BCUT2D eigenvalue weighted by Gasteiger charge is -2.35. The number of carbonyl (C=O) groups is 2. The lowest BCUT2D eigenvalue weighted by molar-refractivity contribution is -0.139. The number of rotatable bonds is 4. The second-order valence-corrected chi connectivity index (χ2v) is 4.26. The number of esters is 1. The summed E-state index contributed by atoms with van der Waals surface area (Å²) in [4.78, 5) is 27.4. The molecule has 1 aliphatic rings. The van der Waals surface area contributed by atoms with Gasteiger partial charge in [-0.3, -0.25) is 4.79 Å². The molecule has 0 aromatic heterocycles. The van der Waals surface area contributed by atoms with Crippen LogP contribution < -0.4 is 0 Å². The largest absolute Gasteiger partial charge is 0.466 e. The summed E-state index contributed by atoms with van der Waals surface area (Å²) in [5, 5.41) is 9.06. The standard InChI is InChI=1S/C13H19N3O3/c1-5-16(6-2)11-10(13(18)19-4)7-9(8-14)15(3)12(11)17/h9H,5-7H2,1-4H3. The number of hydrogen-bond donors (Lipinski definition) is 0. The molecule has 0 saturated heterocycles. The van der Waals surface area contributed by atoms with Gasteiger partial charge in [-0.2, -0.15) is 5.26 Å². The molecule has 1 atom stereocenters. The highest BCUT2D eigenvalue weighted by Gasteiger charge is 2.37. The van der Waals surface area contributed by atoms with Gasteiger partial charge in [0.2, 0.25) is 0 Å². The number of ether oxygens (including phenoxy) is 1. The van der Waals surface area contributed by atoms with Crippen LogP contribution in [0.3, 0.4) is 0 Å². The van der Waals surface area contributed by atoms with Crippen molar-refractivity contribution < 1.29 is 14.3 Å². The predicted octanol–water partition coefficient (Wildman–Crippen LogP) is 0.510. The van der Waals surface area contributed by atoms with Gasteiger partial charge in [0.15, 0.2) is 0 Å². The van der Waals surface area contributed by atoms with Crippen LogP contribution in [0.25, 0.3) is 0 Å². The van der Waals surface area contributed by atoms with E-state index in [0.29, 0.717) is 24.4 Å². The van der Waals surface area contributed by atoms with Crippen LogP contribution in [0.1, 0.15) is 20.3 Å². The summed E-state index contributed by atoms with van der Waals surface area (Å²) in [5.74, 6) is -0.842. The normalized spacial score (nSPS) is 19.2. The summed E-state index contributed by atoms with van der Waals surface area (Å²) < 4.78 is 4.73. The molecule has 0 radical (unpaired) electrons. The predicted molar refractivity (Wildman–Crippen MR) is 68.8 cm³/mol. The van der Waals surface area contributed by atoms with Gasteiger partial charge in [0, 0.05) is 26.6 Å². The minimum atomic E-state index is -0.624. The second kappa shape index (κ2) is 6.23. The fourth-order valence-electron chi connectivity index (χ4n) is 2.17. The maximum Gasteiger partial charge on any atom is 0.336 e. The van der Waals surface area contributed by atoms with E-state index in [4.69, 9.17) is 10.00 Å². The molecule has 1 amide bonds. The first kappa shape index (κ1) is 15.0. The first-order valence-electron chi connectivity index (χ1n) is 6.24.